The van der Waals surface area contributed by atoms with Crippen molar-refractivity contribution in [3.05, 3.63) is 24.2 Å². The average molecular weight is 230 g/mol. The molecule has 1 aromatic rings. The number of furan rings is 1. The number of nitrogens with one attached hydrogen (secondary N) is 1. The van der Waals surface area contributed by atoms with Crippen molar-refractivity contribution in [2.45, 2.75) is 12.5 Å². The molecule has 2 heterocycles. The lowest BCUT2D eigenvalue weighted by atomic mass is 9.98. The number of hydrogen-bond acceptors (Lipinski definition) is 5. The molecule has 2 unspecified atom stereocenters. The van der Waals surface area contributed by atoms with Gasteiger partial charge in [0.1, 0.15) is 5.76 Å². The molecule has 5 nitrogen and oxygen atoms in total. The van der Waals surface area contributed by atoms with Crippen LogP contribution in [0.1, 0.15) is 18.2 Å². The van der Waals surface area contributed by atoms with Gasteiger partial charge in [-0.25, -0.2) is 13.8 Å². The molecule has 0 aromatic carbocycles. The van der Waals surface area contributed by atoms with Crippen molar-refractivity contribution >= 4 is 9.84 Å². The van der Waals surface area contributed by atoms with E-state index in [1.165, 1.54) is 0 Å². The Morgan fingerprint density at radius 3 is 2.87 bits per heavy atom. The first-order valence-electron chi connectivity index (χ1n) is 4.82. The summed E-state index contributed by atoms with van der Waals surface area (Å²) in [7, 11) is -2.88. The van der Waals surface area contributed by atoms with E-state index in [-0.39, 0.29) is 23.5 Å². The minimum absolute atomic E-state index is 0.00569. The fraction of sp³-hybridized carbons (Fsp3) is 0.556. The second-order valence-corrected chi connectivity index (χ2v) is 6.05. The van der Waals surface area contributed by atoms with Gasteiger partial charge in [0, 0.05) is 0 Å². The number of hydrogen-bond donors (Lipinski definition) is 2. The summed E-state index contributed by atoms with van der Waals surface area (Å²) in [6, 6.07) is 3.36. The van der Waals surface area contributed by atoms with Gasteiger partial charge in [0.15, 0.2) is 9.84 Å². The maximum atomic E-state index is 11.3. The molecule has 0 radical (unpaired) electrons. The molecule has 1 saturated heterocycles. The highest BCUT2D eigenvalue weighted by molar-refractivity contribution is 7.91. The second-order valence-electron chi connectivity index (χ2n) is 3.82. The maximum absolute atomic E-state index is 11.3. The van der Waals surface area contributed by atoms with Crippen LogP contribution < -0.4 is 11.3 Å². The quantitative estimate of drug-likeness (QED) is 0.573. The molecule has 84 valence electrons. The van der Waals surface area contributed by atoms with E-state index >= 15 is 0 Å². The van der Waals surface area contributed by atoms with E-state index in [1.54, 1.807) is 18.4 Å². The van der Waals surface area contributed by atoms with E-state index < -0.39 is 9.84 Å². The lowest BCUT2D eigenvalue weighted by molar-refractivity contribution is 0.333. The van der Waals surface area contributed by atoms with E-state index in [4.69, 9.17) is 10.3 Å². The topological polar surface area (TPSA) is 85.3 Å². The Morgan fingerprint density at radius 1 is 1.60 bits per heavy atom. The lowest BCUT2D eigenvalue weighted by Gasteiger charge is -2.18. The molecule has 1 fully saturated rings. The highest BCUT2D eigenvalue weighted by Gasteiger charge is 2.35. The largest absolute Gasteiger partial charge is 0.468 e. The molecule has 0 saturated carbocycles. The van der Waals surface area contributed by atoms with E-state index in [1.807, 2.05) is 0 Å². The van der Waals surface area contributed by atoms with E-state index in [9.17, 15) is 8.42 Å². The molecule has 1 aliphatic heterocycles. The first-order valence-corrected chi connectivity index (χ1v) is 6.64. The third-order valence-corrected chi connectivity index (χ3v) is 4.56. The van der Waals surface area contributed by atoms with Gasteiger partial charge in [-0.3, -0.25) is 5.84 Å². The van der Waals surface area contributed by atoms with Gasteiger partial charge in [0.25, 0.3) is 0 Å². The van der Waals surface area contributed by atoms with Crippen LogP contribution in [0.5, 0.6) is 0 Å². The Kier molecular flexibility index (Phi) is 2.81. The van der Waals surface area contributed by atoms with Crippen LogP contribution in [0.2, 0.25) is 0 Å². The second kappa shape index (κ2) is 3.96. The lowest BCUT2D eigenvalue weighted by Crippen LogP contribution is -2.33. The molecular formula is C9H14N2O3S. The maximum Gasteiger partial charge on any atom is 0.150 e. The zero-order chi connectivity index (χ0) is 10.9. The van der Waals surface area contributed by atoms with Crippen LogP contribution in [-0.2, 0) is 9.84 Å². The number of nitrogens with two attached hydrogens (primary N) is 1. The van der Waals surface area contributed by atoms with Crippen LogP contribution in [0.25, 0.3) is 0 Å². The molecule has 15 heavy (non-hydrogen) atoms. The predicted octanol–water partition coefficient (Wildman–Crippen LogP) is 0.219. The molecule has 0 spiro atoms. The van der Waals surface area contributed by atoms with E-state index in [2.05, 4.69) is 5.43 Å². The van der Waals surface area contributed by atoms with Gasteiger partial charge >= 0.3 is 0 Å². The van der Waals surface area contributed by atoms with E-state index in [0.29, 0.717) is 12.2 Å². The van der Waals surface area contributed by atoms with Gasteiger partial charge in [-0.2, -0.15) is 0 Å². The van der Waals surface area contributed by atoms with Crippen molar-refractivity contribution in [2.24, 2.45) is 11.8 Å². The average Bonchev–Trinajstić information content (AvgIpc) is 2.77. The molecule has 0 aliphatic carbocycles. The van der Waals surface area contributed by atoms with Crippen LogP contribution in [0, 0.1) is 5.92 Å². The summed E-state index contributed by atoms with van der Waals surface area (Å²) >= 11 is 0. The van der Waals surface area contributed by atoms with Crippen molar-refractivity contribution in [1.82, 2.24) is 5.43 Å². The number of sulfone groups is 1. The highest BCUT2D eigenvalue weighted by Crippen LogP contribution is 2.30. The molecule has 2 rings (SSSR count). The van der Waals surface area contributed by atoms with Crippen LogP contribution >= 0.6 is 0 Å². The van der Waals surface area contributed by atoms with Gasteiger partial charge < -0.3 is 4.42 Å². The smallest absolute Gasteiger partial charge is 0.150 e. The zero-order valence-electron chi connectivity index (χ0n) is 8.22. The molecule has 0 bridgehead atoms. The normalized spacial score (nSPS) is 26.6. The van der Waals surface area contributed by atoms with Gasteiger partial charge in [-0.15, -0.1) is 0 Å². The first kappa shape index (κ1) is 10.7. The minimum Gasteiger partial charge on any atom is -0.468 e. The van der Waals surface area contributed by atoms with Crippen molar-refractivity contribution < 1.29 is 12.8 Å². The van der Waals surface area contributed by atoms with Gasteiger partial charge in [-0.05, 0) is 24.5 Å². The van der Waals surface area contributed by atoms with Crippen LogP contribution in [0.4, 0.5) is 0 Å². The van der Waals surface area contributed by atoms with Gasteiger partial charge in [0.05, 0.1) is 23.8 Å². The predicted molar refractivity (Wildman–Crippen MR) is 55.5 cm³/mol. The summed E-state index contributed by atoms with van der Waals surface area (Å²) in [5.74, 6) is 6.56. The van der Waals surface area contributed by atoms with Gasteiger partial charge in [-0.1, -0.05) is 0 Å². The van der Waals surface area contributed by atoms with Crippen molar-refractivity contribution in [3.63, 3.8) is 0 Å². The van der Waals surface area contributed by atoms with Gasteiger partial charge in [0.2, 0.25) is 0 Å². The molecule has 1 aliphatic rings. The molecule has 1 aromatic heterocycles. The molecule has 0 amide bonds. The summed E-state index contributed by atoms with van der Waals surface area (Å²) in [6.07, 6.45) is 2.20. The zero-order valence-corrected chi connectivity index (χ0v) is 9.03. The monoisotopic (exact) mass is 230 g/mol. The SMILES string of the molecule is NNC(c1ccco1)C1CCS(=O)(=O)C1. The number of hydrazine groups is 1. The standard InChI is InChI=1S/C9H14N2O3S/c10-11-9(8-2-1-4-14-8)7-3-5-15(12,13)6-7/h1-2,4,7,9,11H,3,5-6,10H2. The Morgan fingerprint density at radius 2 is 2.40 bits per heavy atom. The molecular weight excluding hydrogens is 216 g/mol. The van der Waals surface area contributed by atoms with E-state index in [0.717, 1.165) is 0 Å². The third kappa shape index (κ3) is 2.22. The molecule has 2 atom stereocenters. The summed E-state index contributed by atoms with van der Waals surface area (Å²) < 4.78 is 27.9. The molecule has 6 heteroatoms. The fourth-order valence-corrected chi connectivity index (χ4v) is 3.85. The highest BCUT2D eigenvalue weighted by atomic mass is 32.2. The molecule has 3 N–H and O–H groups in total. The Balaban J connectivity index is 2.16. The van der Waals surface area contributed by atoms with Crippen molar-refractivity contribution in [2.75, 3.05) is 11.5 Å². The Hall–Kier alpha value is -0.850. The van der Waals surface area contributed by atoms with Crippen LogP contribution in [-0.4, -0.2) is 19.9 Å². The summed E-state index contributed by atoms with van der Waals surface area (Å²) in [6.45, 7) is 0. The Labute approximate surface area is 88.5 Å². The fourth-order valence-electron chi connectivity index (χ4n) is 2.01. The summed E-state index contributed by atoms with van der Waals surface area (Å²) in [5, 5.41) is 0. The Bertz CT molecular complexity index is 413. The van der Waals surface area contributed by atoms with Crippen molar-refractivity contribution in [3.8, 4) is 0 Å². The first-order chi connectivity index (χ1) is 7.12. The number of rotatable bonds is 3. The summed E-state index contributed by atoms with van der Waals surface area (Å²) in [4.78, 5) is 0. The van der Waals surface area contributed by atoms with Crippen LogP contribution in [0.3, 0.4) is 0 Å². The van der Waals surface area contributed by atoms with Crippen LogP contribution in [0.15, 0.2) is 22.8 Å². The summed E-state index contributed by atoms with van der Waals surface area (Å²) in [5.41, 5.74) is 2.63. The minimum atomic E-state index is -2.88. The van der Waals surface area contributed by atoms with Crippen molar-refractivity contribution in [1.29, 1.82) is 0 Å². The third-order valence-electron chi connectivity index (χ3n) is 2.77.